The molecule has 5 atom stereocenters. The Morgan fingerprint density at radius 3 is 2.24 bits per heavy atom. The summed E-state index contributed by atoms with van der Waals surface area (Å²) >= 11 is 0. The van der Waals surface area contributed by atoms with Gasteiger partial charge in [0.2, 0.25) is 0 Å². The topological polar surface area (TPSA) is 51.2 Å². The van der Waals surface area contributed by atoms with Gasteiger partial charge in [-0.1, -0.05) is 33.3 Å². The van der Waals surface area contributed by atoms with E-state index in [1.54, 1.807) is 0 Å². The molecule has 0 aromatic rings. The largest absolute Gasteiger partial charge is 0.299 e. The van der Waals surface area contributed by atoms with E-state index in [2.05, 4.69) is 20.8 Å². The number of allylic oxidation sites excluding steroid dienone is 1. The Kier molecular flexibility index (Phi) is 3.24. The molecule has 0 aromatic carbocycles. The molecule has 3 nitrogen and oxygen atoms in total. The molecule has 25 heavy (non-hydrogen) atoms. The third-order valence-corrected chi connectivity index (χ3v) is 9.40. The van der Waals surface area contributed by atoms with Gasteiger partial charge in [-0.2, -0.15) is 0 Å². The van der Waals surface area contributed by atoms with E-state index < -0.39 is 5.41 Å². The lowest BCUT2D eigenvalue weighted by molar-refractivity contribution is -0.182. The van der Waals surface area contributed by atoms with Crippen molar-refractivity contribution in [3.8, 4) is 0 Å². The van der Waals surface area contributed by atoms with Crippen LogP contribution in [0.3, 0.4) is 0 Å². The zero-order valence-corrected chi connectivity index (χ0v) is 16.3. The third-order valence-electron chi connectivity index (χ3n) is 9.40. The molecule has 0 bridgehead atoms. The zero-order chi connectivity index (χ0) is 18.4. The average molecular weight is 342 g/mol. The van der Waals surface area contributed by atoms with Gasteiger partial charge in [0.15, 0.2) is 5.78 Å². The van der Waals surface area contributed by atoms with Gasteiger partial charge in [-0.25, -0.2) is 0 Å². The van der Waals surface area contributed by atoms with E-state index in [-0.39, 0.29) is 39.5 Å². The Labute approximate surface area is 150 Å². The Hall–Kier alpha value is -1.25. The van der Waals surface area contributed by atoms with Gasteiger partial charge in [-0.15, -0.1) is 0 Å². The molecule has 0 saturated heterocycles. The summed E-state index contributed by atoms with van der Waals surface area (Å²) in [5.41, 5.74) is 1.13. The van der Waals surface area contributed by atoms with E-state index >= 15 is 0 Å². The van der Waals surface area contributed by atoms with Crippen molar-refractivity contribution in [2.45, 2.75) is 79.6 Å². The number of fused-ring (bicyclic) bond motifs is 5. The van der Waals surface area contributed by atoms with Crippen LogP contribution >= 0.6 is 0 Å². The average Bonchev–Trinajstić information content (AvgIpc) is 2.76. The summed E-state index contributed by atoms with van der Waals surface area (Å²) in [7, 11) is 0. The van der Waals surface area contributed by atoms with Crippen LogP contribution in [0.15, 0.2) is 11.1 Å². The second-order valence-electron chi connectivity index (χ2n) is 10.0. The van der Waals surface area contributed by atoms with Crippen LogP contribution in [0.25, 0.3) is 0 Å². The van der Waals surface area contributed by atoms with E-state index in [9.17, 15) is 14.4 Å². The Bertz CT molecular complexity index is 746. The summed E-state index contributed by atoms with van der Waals surface area (Å²) in [6, 6.07) is 0. The summed E-state index contributed by atoms with van der Waals surface area (Å²) in [5.74, 6) is 0.742. The summed E-state index contributed by atoms with van der Waals surface area (Å²) < 4.78 is 0. The standard InChI is InChI=1S/C22H30O3/c1-13-14-6-10-20(3)18(19(14,2)9-7-15(13)23)16(24)12-21(4)17(25)8-11-22(20,21)5/h18H,6-12H2,1-5H3/t18-,19-,20-,21+,22+/m0/s1. The highest BCUT2D eigenvalue weighted by molar-refractivity contribution is 5.99. The number of hydrogen-bond donors (Lipinski definition) is 0. The summed E-state index contributed by atoms with van der Waals surface area (Å²) in [4.78, 5) is 38.5. The molecule has 0 spiro atoms. The van der Waals surface area contributed by atoms with E-state index in [1.807, 2.05) is 13.8 Å². The minimum absolute atomic E-state index is 0.0595. The van der Waals surface area contributed by atoms with Crippen LogP contribution in [0.2, 0.25) is 0 Å². The van der Waals surface area contributed by atoms with E-state index in [0.717, 1.165) is 31.3 Å². The Morgan fingerprint density at radius 2 is 1.56 bits per heavy atom. The molecule has 0 aromatic heterocycles. The van der Waals surface area contributed by atoms with E-state index in [4.69, 9.17) is 0 Å². The number of ketones is 3. The highest BCUT2D eigenvalue weighted by atomic mass is 16.1. The van der Waals surface area contributed by atoms with Gasteiger partial charge in [-0.05, 0) is 54.4 Å². The van der Waals surface area contributed by atoms with Crippen LogP contribution < -0.4 is 0 Å². The van der Waals surface area contributed by atoms with Gasteiger partial charge >= 0.3 is 0 Å². The summed E-state index contributed by atoms with van der Waals surface area (Å²) in [6.07, 6.45) is 5.05. The maximum absolute atomic E-state index is 13.5. The molecule has 0 heterocycles. The fraction of sp³-hybridized carbons (Fsp3) is 0.773. The highest BCUT2D eigenvalue weighted by Crippen LogP contribution is 2.74. The molecule has 0 N–H and O–H groups in total. The van der Waals surface area contributed by atoms with Crippen molar-refractivity contribution in [2.24, 2.45) is 27.6 Å². The normalized spacial score (nSPS) is 49.8. The van der Waals surface area contributed by atoms with Gasteiger partial charge in [0.1, 0.15) is 11.6 Å². The molecule has 0 radical (unpaired) electrons. The molecular weight excluding hydrogens is 312 g/mol. The van der Waals surface area contributed by atoms with Crippen LogP contribution in [-0.2, 0) is 14.4 Å². The Morgan fingerprint density at radius 1 is 0.880 bits per heavy atom. The molecule has 4 aliphatic rings. The number of carbonyl (C=O) groups excluding carboxylic acids is 3. The Balaban J connectivity index is 1.92. The molecule has 0 unspecified atom stereocenters. The third kappa shape index (κ3) is 1.71. The van der Waals surface area contributed by atoms with Crippen molar-refractivity contribution < 1.29 is 14.4 Å². The van der Waals surface area contributed by atoms with Crippen LogP contribution in [0.1, 0.15) is 79.6 Å². The van der Waals surface area contributed by atoms with Crippen molar-refractivity contribution in [1.29, 1.82) is 0 Å². The van der Waals surface area contributed by atoms with Gasteiger partial charge in [0, 0.05) is 30.6 Å². The molecule has 3 heteroatoms. The number of Topliss-reactive ketones (excluding diaryl/α,β-unsaturated/α-hetero) is 3. The van der Waals surface area contributed by atoms with Gasteiger partial charge in [-0.3, -0.25) is 14.4 Å². The van der Waals surface area contributed by atoms with Crippen molar-refractivity contribution in [1.82, 2.24) is 0 Å². The van der Waals surface area contributed by atoms with E-state index in [0.29, 0.717) is 19.3 Å². The minimum Gasteiger partial charge on any atom is -0.299 e. The second-order valence-corrected chi connectivity index (χ2v) is 10.0. The van der Waals surface area contributed by atoms with Gasteiger partial charge < -0.3 is 0 Å². The lowest BCUT2D eigenvalue weighted by Gasteiger charge is -2.66. The maximum Gasteiger partial charge on any atom is 0.158 e. The summed E-state index contributed by atoms with van der Waals surface area (Å²) in [6.45, 7) is 10.8. The first-order valence-electron chi connectivity index (χ1n) is 9.81. The first-order valence-corrected chi connectivity index (χ1v) is 9.81. The van der Waals surface area contributed by atoms with Gasteiger partial charge in [0.05, 0.1) is 0 Å². The molecular formula is C22H30O3. The van der Waals surface area contributed by atoms with E-state index in [1.165, 1.54) is 5.57 Å². The first kappa shape index (κ1) is 17.2. The molecule has 3 fully saturated rings. The second kappa shape index (κ2) is 4.72. The smallest absolute Gasteiger partial charge is 0.158 e. The molecule has 4 rings (SSSR count). The van der Waals surface area contributed by atoms with Crippen LogP contribution in [0.4, 0.5) is 0 Å². The molecule has 136 valence electrons. The number of carbonyl (C=O) groups is 3. The lowest BCUT2D eigenvalue weighted by atomic mass is 9.36. The summed E-state index contributed by atoms with van der Waals surface area (Å²) in [5, 5.41) is 0. The first-order chi connectivity index (χ1) is 11.5. The lowest BCUT2D eigenvalue weighted by Crippen LogP contribution is -2.65. The minimum atomic E-state index is -0.507. The predicted octanol–water partition coefficient (Wildman–Crippen LogP) is 4.44. The van der Waals surface area contributed by atoms with Crippen molar-refractivity contribution in [2.75, 3.05) is 0 Å². The zero-order valence-electron chi connectivity index (χ0n) is 16.3. The van der Waals surface area contributed by atoms with Crippen LogP contribution in [0.5, 0.6) is 0 Å². The quantitative estimate of drug-likeness (QED) is 0.654. The number of rotatable bonds is 0. The highest BCUT2D eigenvalue weighted by Gasteiger charge is 2.72. The van der Waals surface area contributed by atoms with Gasteiger partial charge in [0.25, 0.3) is 0 Å². The molecule has 3 saturated carbocycles. The van der Waals surface area contributed by atoms with Crippen molar-refractivity contribution in [3.63, 3.8) is 0 Å². The van der Waals surface area contributed by atoms with Crippen LogP contribution in [0, 0.1) is 27.6 Å². The number of hydrogen-bond acceptors (Lipinski definition) is 3. The van der Waals surface area contributed by atoms with Crippen LogP contribution in [-0.4, -0.2) is 17.3 Å². The fourth-order valence-electron chi connectivity index (χ4n) is 7.52. The predicted molar refractivity (Wildman–Crippen MR) is 96.0 cm³/mol. The molecule has 0 amide bonds. The molecule has 0 aliphatic heterocycles. The molecule has 4 aliphatic carbocycles. The fourth-order valence-corrected chi connectivity index (χ4v) is 7.52. The monoisotopic (exact) mass is 342 g/mol. The van der Waals surface area contributed by atoms with Crippen molar-refractivity contribution >= 4 is 17.3 Å². The maximum atomic E-state index is 13.5. The van der Waals surface area contributed by atoms with Crippen molar-refractivity contribution in [3.05, 3.63) is 11.1 Å². The SMILES string of the molecule is CC1=C2CC[C@@]3(C)[C@@H](C(=O)C[C@]4(C)C(=O)CC[C@]34C)[C@@]2(C)CCC1=O.